The Labute approximate surface area is 129 Å². The summed E-state index contributed by atoms with van der Waals surface area (Å²) in [7, 11) is 1.35. The van der Waals surface area contributed by atoms with Crippen molar-refractivity contribution in [3.05, 3.63) is 24.0 Å². The summed E-state index contributed by atoms with van der Waals surface area (Å²) < 4.78 is 23.4. The molecule has 6 nitrogen and oxygen atoms in total. The number of halogens is 1. The summed E-state index contributed by atoms with van der Waals surface area (Å²) in [5.41, 5.74) is -0.388. The van der Waals surface area contributed by atoms with Crippen LogP contribution in [0.15, 0.2) is 18.2 Å². The number of anilines is 1. The van der Waals surface area contributed by atoms with Crippen molar-refractivity contribution < 1.29 is 23.5 Å². The molecule has 0 fully saturated rings. The Morgan fingerprint density at radius 2 is 1.91 bits per heavy atom. The monoisotopic (exact) mass is 312 g/mol. The Morgan fingerprint density at radius 1 is 1.27 bits per heavy atom. The molecule has 122 valence electrons. The first-order valence-corrected chi connectivity index (χ1v) is 6.76. The quantitative estimate of drug-likeness (QED) is 0.896. The second kappa shape index (κ2) is 7.11. The topological polar surface area (TPSA) is 76.7 Å². The van der Waals surface area contributed by atoms with Gasteiger partial charge in [-0.1, -0.05) is 0 Å². The van der Waals surface area contributed by atoms with Crippen molar-refractivity contribution in [2.24, 2.45) is 0 Å². The van der Waals surface area contributed by atoms with Gasteiger partial charge in [0, 0.05) is 11.8 Å². The average molecular weight is 312 g/mol. The van der Waals surface area contributed by atoms with E-state index in [1.54, 1.807) is 20.8 Å². The fourth-order valence-electron chi connectivity index (χ4n) is 1.54. The van der Waals surface area contributed by atoms with Crippen LogP contribution in [0.25, 0.3) is 0 Å². The van der Waals surface area contributed by atoms with E-state index in [4.69, 9.17) is 9.47 Å². The van der Waals surface area contributed by atoms with E-state index in [1.165, 1.54) is 26.2 Å². The third-order valence-electron chi connectivity index (χ3n) is 2.55. The van der Waals surface area contributed by atoms with Gasteiger partial charge in [0.2, 0.25) is 5.91 Å². The van der Waals surface area contributed by atoms with Gasteiger partial charge in [-0.05, 0) is 39.8 Å². The van der Waals surface area contributed by atoms with Gasteiger partial charge in [-0.15, -0.1) is 0 Å². The second-order valence-corrected chi connectivity index (χ2v) is 5.71. The minimum atomic E-state index is -0.833. The van der Waals surface area contributed by atoms with Crippen LogP contribution in [0, 0.1) is 5.82 Å². The third-order valence-corrected chi connectivity index (χ3v) is 2.55. The molecule has 1 atom stereocenters. The van der Waals surface area contributed by atoms with Gasteiger partial charge in [0.05, 0.1) is 7.11 Å². The van der Waals surface area contributed by atoms with Crippen LogP contribution >= 0.6 is 0 Å². The predicted molar refractivity (Wildman–Crippen MR) is 80.4 cm³/mol. The molecule has 0 radical (unpaired) electrons. The summed E-state index contributed by atoms with van der Waals surface area (Å²) in [5.74, 6) is -0.999. The number of methoxy groups -OCH3 is 1. The van der Waals surface area contributed by atoms with Crippen LogP contribution in [0.2, 0.25) is 0 Å². The fraction of sp³-hybridized carbons (Fsp3) is 0.467. The van der Waals surface area contributed by atoms with Crippen LogP contribution < -0.4 is 15.4 Å². The molecule has 0 spiro atoms. The van der Waals surface area contributed by atoms with E-state index in [1.807, 2.05) is 0 Å². The Hall–Kier alpha value is -2.31. The van der Waals surface area contributed by atoms with E-state index in [0.29, 0.717) is 0 Å². The van der Waals surface area contributed by atoms with E-state index in [-0.39, 0.29) is 11.4 Å². The molecule has 2 amide bonds. The van der Waals surface area contributed by atoms with Crippen molar-refractivity contribution in [3.8, 4) is 5.75 Å². The summed E-state index contributed by atoms with van der Waals surface area (Å²) in [6.07, 6.45) is -0.698. The molecule has 2 N–H and O–H groups in total. The number of hydrogen-bond acceptors (Lipinski definition) is 4. The Bertz CT molecular complexity index is 555. The van der Waals surface area contributed by atoms with Gasteiger partial charge in [-0.25, -0.2) is 9.18 Å². The van der Waals surface area contributed by atoms with E-state index >= 15 is 0 Å². The number of carbonyl (C=O) groups is 2. The van der Waals surface area contributed by atoms with Crippen molar-refractivity contribution in [1.29, 1.82) is 0 Å². The number of nitrogens with one attached hydrogen (secondary N) is 2. The normalized spacial score (nSPS) is 12.3. The highest BCUT2D eigenvalue weighted by atomic mass is 19.1. The van der Waals surface area contributed by atoms with Gasteiger partial charge in [0.1, 0.15) is 11.6 Å². The maximum atomic E-state index is 13.5. The van der Waals surface area contributed by atoms with Gasteiger partial charge < -0.3 is 20.1 Å². The lowest BCUT2D eigenvalue weighted by molar-refractivity contribution is -0.117. The highest BCUT2D eigenvalue weighted by Crippen LogP contribution is 2.20. The number of ether oxygens (including phenoxy) is 2. The zero-order chi connectivity index (χ0) is 16.9. The van der Waals surface area contributed by atoms with Crippen molar-refractivity contribution in [3.63, 3.8) is 0 Å². The molecule has 1 aromatic carbocycles. The first-order chi connectivity index (χ1) is 10.1. The van der Waals surface area contributed by atoms with Gasteiger partial charge in [-0.3, -0.25) is 4.79 Å². The minimum absolute atomic E-state index is 0.0814. The van der Waals surface area contributed by atoms with E-state index in [9.17, 15) is 14.0 Å². The highest BCUT2D eigenvalue weighted by Gasteiger charge is 2.21. The van der Waals surface area contributed by atoms with Crippen LogP contribution in [-0.4, -0.2) is 30.8 Å². The maximum Gasteiger partial charge on any atom is 0.408 e. The van der Waals surface area contributed by atoms with Crippen LogP contribution in [0.5, 0.6) is 5.75 Å². The fourth-order valence-corrected chi connectivity index (χ4v) is 1.54. The lowest BCUT2D eigenvalue weighted by Gasteiger charge is -2.21. The second-order valence-electron chi connectivity index (χ2n) is 5.71. The zero-order valence-electron chi connectivity index (χ0n) is 13.3. The van der Waals surface area contributed by atoms with Gasteiger partial charge >= 0.3 is 6.09 Å². The summed E-state index contributed by atoms with van der Waals surface area (Å²) in [6, 6.07) is 3.20. The summed E-state index contributed by atoms with van der Waals surface area (Å²) >= 11 is 0. The van der Waals surface area contributed by atoms with Crippen LogP contribution in [-0.2, 0) is 9.53 Å². The molecule has 0 saturated heterocycles. The molecular formula is C15H21FN2O4. The number of hydrogen-bond donors (Lipinski definition) is 2. The molecular weight excluding hydrogens is 291 g/mol. The summed E-state index contributed by atoms with van der Waals surface area (Å²) in [5, 5.41) is 4.90. The number of carbonyl (C=O) groups excluding carboxylic acids is 2. The molecule has 1 rings (SSSR count). The smallest absolute Gasteiger partial charge is 0.408 e. The Morgan fingerprint density at radius 3 is 2.41 bits per heavy atom. The van der Waals surface area contributed by atoms with E-state index < -0.39 is 29.5 Å². The minimum Gasteiger partial charge on any atom is -0.494 e. The number of rotatable bonds is 4. The lowest BCUT2D eigenvalue weighted by atomic mass is 10.2. The molecule has 0 saturated carbocycles. The molecule has 22 heavy (non-hydrogen) atoms. The molecule has 0 aromatic heterocycles. The number of alkyl carbamates (subject to hydrolysis) is 1. The van der Waals surface area contributed by atoms with E-state index in [0.717, 1.165) is 6.07 Å². The van der Waals surface area contributed by atoms with Crippen molar-refractivity contribution in [1.82, 2.24) is 5.32 Å². The molecule has 0 bridgehead atoms. The van der Waals surface area contributed by atoms with Gasteiger partial charge in [-0.2, -0.15) is 0 Å². The predicted octanol–water partition coefficient (Wildman–Crippen LogP) is 2.69. The van der Waals surface area contributed by atoms with Gasteiger partial charge in [0.15, 0.2) is 11.6 Å². The molecule has 0 aliphatic carbocycles. The lowest BCUT2D eigenvalue weighted by Crippen LogP contribution is -2.43. The SMILES string of the molecule is COc1ccc(NC(=O)[C@@H](C)NC(=O)OC(C)(C)C)cc1F. The largest absolute Gasteiger partial charge is 0.494 e. The average Bonchev–Trinajstić information content (AvgIpc) is 2.36. The van der Waals surface area contributed by atoms with Gasteiger partial charge in [0.25, 0.3) is 0 Å². The number of amides is 2. The molecule has 0 aliphatic rings. The Balaban J connectivity index is 2.61. The highest BCUT2D eigenvalue weighted by molar-refractivity contribution is 5.96. The van der Waals surface area contributed by atoms with E-state index in [2.05, 4.69) is 10.6 Å². The van der Waals surface area contributed by atoms with Crippen LogP contribution in [0.3, 0.4) is 0 Å². The standard InChI is InChI=1S/C15H21FN2O4/c1-9(17-14(20)22-15(2,3)4)13(19)18-10-6-7-12(21-5)11(16)8-10/h6-9H,1-5H3,(H,17,20)(H,18,19)/t9-/m1/s1. The van der Waals surface area contributed by atoms with Crippen LogP contribution in [0.4, 0.5) is 14.9 Å². The van der Waals surface area contributed by atoms with Crippen molar-refractivity contribution in [2.75, 3.05) is 12.4 Å². The van der Waals surface area contributed by atoms with Crippen LogP contribution in [0.1, 0.15) is 27.7 Å². The first kappa shape index (κ1) is 17.7. The molecule has 0 aliphatic heterocycles. The first-order valence-electron chi connectivity index (χ1n) is 6.76. The molecule has 0 heterocycles. The summed E-state index contributed by atoms with van der Waals surface area (Å²) in [6.45, 7) is 6.66. The van der Waals surface area contributed by atoms with Crippen molar-refractivity contribution in [2.45, 2.75) is 39.3 Å². The zero-order valence-corrected chi connectivity index (χ0v) is 13.3. The number of benzene rings is 1. The molecule has 1 aromatic rings. The Kier molecular flexibility index (Phi) is 5.73. The third kappa shape index (κ3) is 5.59. The molecule has 0 unspecified atom stereocenters. The van der Waals surface area contributed by atoms with Crippen molar-refractivity contribution >= 4 is 17.7 Å². The molecule has 7 heteroatoms. The summed E-state index contributed by atoms with van der Waals surface area (Å²) in [4.78, 5) is 23.5. The maximum absolute atomic E-state index is 13.5.